The van der Waals surface area contributed by atoms with E-state index in [-0.39, 0.29) is 23.7 Å². The summed E-state index contributed by atoms with van der Waals surface area (Å²) < 4.78 is 0. The van der Waals surface area contributed by atoms with Crippen LogP contribution in [0.1, 0.15) is 19.3 Å². The van der Waals surface area contributed by atoms with Gasteiger partial charge in [-0.05, 0) is 25.2 Å². The maximum atomic E-state index is 11.3. The Morgan fingerprint density at radius 3 is 2.85 bits per heavy atom. The van der Waals surface area contributed by atoms with Gasteiger partial charge in [0, 0.05) is 12.5 Å². The normalized spacial score (nSPS) is 38.2. The van der Waals surface area contributed by atoms with E-state index in [0.29, 0.717) is 13.0 Å². The zero-order chi connectivity index (χ0) is 9.42. The lowest BCUT2D eigenvalue weighted by atomic mass is 9.84. The van der Waals surface area contributed by atoms with Crippen LogP contribution in [0.5, 0.6) is 0 Å². The van der Waals surface area contributed by atoms with Crippen LogP contribution < -0.4 is 5.32 Å². The van der Waals surface area contributed by atoms with Gasteiger partial charge in [0.05, 0.1) is 5.92 Å². The van der Waals surface area contributed by atoms with Crippen molar-refractivity contribution in [3.8, 4) is 0 Å². The molecule has 1 aliphatic carbocycles. The van der Waals surface area contributed by atoms with Crippen molar-refractivity contribution in [2.24, 2.45) is 17.8 Å². The predicted octanol–water partition coefficient (Wildman–Crippen LogP) is 0.233. The Balaban J connectivity index is 2.14. The molecule has 1 saturated heterocycles. The molecule has 1 saturated carbocycles. The second-order valence-electron chi connectivity index (χ2n) is 3.87. The van der Waals surface area contributed by atoms with Crippen LogP contribution in [-0.2, 0) is 9.59 Å². The fraction of sp³-hybridized carbons (Fsp3) is 0.778. The molecule has 0 aromatic carbocycles. The van der Waals surface area contributed by atoms with Gasteiger partial charge < -0.3 is 10.4 Å². The zero-order valence-electron chi connectivity index (χ0n) is 7.32. The molecule has 4 nitrogen and oxygen atoms in total. The quantitative estimate of drug-likeness (QED) is 0.611. The number of aliphatic carboxylic acids is 1. The van der Waals surface area contributed by atoms with Crippen LogP contribution in [0.15, 0.2) is 0 Å². The van der Waals surface area contributed by atoms with Crippen LogP contribution in [0.25, 0.3) is 0 Å². The Kier molecular flexibility index (Phi) is 1.98. The lowest BCUT2D eigenvalue weighted by Gasteiger charge is -2.27. The number of hydrogen-bond donors (Lipinski definition) is 2. The van der Waals surface area contributed by atoms with Gasteiger partial charge in [0.2, 0.25) is 5.91 Å². The Bertz CT molecular complexity index is 245. The summed E-state index contributed by atoms with van der Waals surface area (Å²) in [7, 11) is 0. The number of piperidine rings is 1. The van der Waals surface area contributed by atoms with E-state index in [1.165, 1.54) is 0 Å². The second kappa shape index (κ2) is 3.01. The number of carboxylic acid groups (broad SMARTS) is 1. The summed E-state index contributed by atoms with van der Waals surface area (Å²) in [6, 6.07) is 0. The number of amides is 1. The van der Waals surface area contributed by atoms with E-state index in [0.717, 1.165) is 12.8 Å². The van der Waals surface area contributed by atoms with Crippen molar-refractivity contribution < 1.29 is 14.7 Å². The minimum absolute atomic E-state index is 0.0325. The highest BCUT2D eigenvalue weighted by Gasteiger charge is 2.45. The van der Waals surface area contributed by atoms with Crippen LogP contribution >= 0.6 is 0 Å². The smallest absolute Gasteiger partial charge is 0.306 e. The first-order chi connectivity index (χ1) is 6.20. The van der Waals surface area contributed by atoms with Gasteiger partial charge in [0.25, 0.3) is 0 Å². The molecule has 0 aromatic rings. The van der Waals surface area contributed by atoms with Gasteiger partial charge >= 0.3 is 5.97 Å². The van der Waals surface area contributed by atoms with Crippen LogP contribution in [-0.4, -0.2) is 23.5 Å². The summed E-state index contributed by atoms with van der Waals surface area (Å²) in [6.07, 6.45) is 2.24. The number of nitrogens with one attached hydrogen (secondary N) is 1. The van der Waals surface area contributed by atoms with Crippen LogP contribution in [0, 0.1) is 17.8 Å². The van der Waals surface area contributed by atoms with Crippen molar-refractivity contribution in [3.05, 3.63) is 0 Å². The number of fused-ring (bicyclic) bond motifs is 1. The fourth-order valence-corrected chi connectivity index (χ4v) is 2.60. The summed E-state index contributed by atoms with van der Waals surface area (Å²) in [5.74, 6) is -0.903. The largest absolute Gasteiger partial charge is 0.481 e. The third-order valence-corrected chi connectivity index (χ3v) is 3.25. The summed E-state index contributed by atoms with van der Waals surface area (Å²) in [4.78, 5) is 22.2. The summed E-state index contributed by atoms with van der Waals surface area (Å²) in [5.41, 5.74) is 0. The number of rotatable bonds is 1. The summed E-state index contributed by atoms with van der Waals surface area (Å²) in [5, 5.41) is 11.7. The number of hydrogen-bond acceptors (Lipinski definition) is 2. The topological polar surface area (TPSA) is 66.4 Å². The molecule has 13 heavy (non-hydrogen) atoms. The Labute approximate surface area is 76.3 Å². The lowest BCUT2D eigenvalue weighted by Crippen LogP contribution is -2.42. The molecule has 0 spiro atoms. The Morgan fingerprint density at radius 1 is 1.38 bits per heavy atom. The molecule has 3 unspecified atom stereocenters. The summed E-state index contributed by atoms with van der Waals surface area (Å²) in [6.45, 7) is 0.643. The van der Waals surface area contributed by atoms with E-state index in [9.17, 15) is 9.59 Å². The fourth-order valence-electron chi connectivity index (χ4n) is 2.60. The highest BCUT2D eigenvalue weighted by atomic mass is 16.4. The molecule has 4 heteroatoms. The Hall–Kier alpha value is -1.06. The second-order valence-corrected chi connectivity index (χ2v) is 3.87. The van der Waals surface area contributed by atoms with E-state index in [1.807, 2.05) is 0 Å². The molecule has 2 aliphatic rings. The highest BCUT2D eigenvalue weighted by Crippen LogP contribution is 2.40. The van der Waals surface area contributed by atoms with Crippen molar-refractivity contribution in [3.63, 3.8) is 0 Å². The monoisotopic (exact) mass is 183 g/mol. The van der Waals surface area contributed by atoms with Crippen LogP contribution in [0.3, 0.4) is 0 Å². The average molecular weight is 183 g/mol. The number of carbonyl (C=O) groups excluding carboxylic acids is 1. The lowest BCUT2D eigenvalue weighted by molar-refractivity contribution is -0.144. The van der Waals surface area contributed by atoms with Gasteiger partial charge in [-0.25, -0.2) is 0 Å². The maximum Gasteiger partial charge on any atom is 0.306 e. The molecule has 1 heterocycles. The molecule has 1 aliphatic heterocycles. The Morgan fingerprint density at radius 2 is 2.15 bits per heavy atom. The molecule has 3 atom stereocenters. The van der Waals surface area contributed by atoms with Gasteiger partial charge in [0.15, 0.2) is 0 Å². The summed E-state index contributed by atoms with van der Waals surface area (Å²) >= 11 is 0. The third-order valence-electron chi connectivity index (χ3n) is 3.25. The van der Waals surface area contributed by atoms with Crippen LogP contribution in [0.4, 0.5) is 0 Å². The molecule has 0 aromatic heterocycles. The number of carboxylic acids is 1. The van der Waals surface area contributed by atoms with Crippen molar-refractivity contribution in [2.45, 2.75) is 19.3 Å². The van der Waals surface area contributed by atoms with E-state index in [4.69, 9.17) is 5.11 Å². The van der Waals surface area contributed by atoms with Gasteiger partial charge in [0.1, 0.15) is 0 Å². The van der Waals surface area contributed by atoms with E-state index >= 15 is 0 Å². The third kappa shape index (κ3) is 1.30. The molecule has 1 amide bonds. The van der Waals surface area contributed by atoms with Gasteiger partial charge in [-0.15, -0.1) is 0 Å². The van der Waals surface area contributed by atoms with Crippen LogP contribution in [0.2, 0.25) is 0 Å². The van der Waals surface area contributed by atoms with Crippen molar-refractivity contribution in [1.29, 1.82) is 0 Å². The SMILES string of the molecule is O=C(O)C1CCC2C(=O)NCCC12. The molecule has 72 valence electrons. The van der Waals surface area contributed by atoms with Crippen molar-refractivity contribution in [1.82, 2.24) is 5.32 Å². The van der Waals surface area contributed by atoms with E-state index in [2.05, 4.69) is 5.32 Å². The first kappa shape index (κ1) is 8.53. The molecular formula is C9H13NO3. The van der Waals surface area contributed by atoms with Gasteiger partial charge in [-0.3, -0.25) is 9.59 Å². The molecule has 2 rings (SSSR count). The molecule has 0 bridgehead atoms. The molecule has 2 fully saturated rings. The zero-order valence-corrected chi connectivity index (χ0v) is 7.32. The number of carbonyl (C=O) groups is 2. The first-order valence-corrected chi connectivity index (χ1v) is 4.70. The van der Waals surface area contributed by atoms with E-state index in [1.54, 1.807) is 0 Å². The average Bonchev–Trinajstić information content (AvgIpc) is 2.48. The first-order valence-electron chi connectivity index (χ1n) is 4.70. The van der Waals surface area contributed by atoms with Crippen molar-refractivity contribution in [2.75, 3.05) is 6.54 Å². The van der Waals surface area contributed by atoms with Gasteiger partial charge in [-0.1, -0.05) is 0 Å². The standard InChI is InChI=1S/C9H13NO3/c11-8-6-1-2-7(9(12)13)5(6)3-4-10-8/h5-7H,1-4H2,(H,10,11)(H,12,13). The molecule has 0 radical (unpaired) electrons. The van der Waals surface area contributed by atoms with Crippen molar-refractivity contribution >= 4 is 11.9 Å². The maximum absolute atomic E-state index is 11.3. The highest BCUT2D eigenvalue weighted by molar-refractivity contribution is 5.82. The predicted molar refractivity (Wildman–Crippen MR) is 45.0 cm³/mol. The molecule has 2 N–H and O–H groups in total. The van der Waals surface area contributed by atoms with E-state index < -0.39 is 5.97 Å². The van der Waals surface area contributed by atoms with Gasteiger partial charge in [-0.2, -0.15) is 0 Å². The minimum Gasteiger partial charge on any atom is -0.481 e. The molecular weight excluding hydrogens is 170 g/mol. The minimum atomic E-state index is -0.734.